The first-order valence-corrected chi connectivity index (χ1v) is 6.40. The average molecular weight is 278 g/mol. The Balaban J connectivity index is 1.81. The molecule has 1 fully saturated rings. The zero-order valence-electron chi connectivity index (χ0n) is 10.9. The standard InChI is InChI=1S/C14H15FN2O3/c15-12-4-1-5-13(11(12)7-16)20-9-14(18)17-8-10-3-2-6-19-10/h1,4-5,10H,2-3,6,8-9H2,(H,17,18)/t10-/m0/s1. The van der Waals surface area contributed by atoms with Crippen molar-refractivity contribution in [2.45, 2.75) is 18.9 Å². The molecule has 0 saturated carbocycles. The second-order valence-corrected chi connectivity index (χ2v) is 4.45. The largest absolute Gasteiger partial charge is 0.482 e. The molecule has 1 aromatic rings. The second kappa shape index (κ2) is 6.87. The molecule has 5 nitrogen and oxygen atoms in total. The van der Waals surface area contributed by atoms with Crippen LogP contribution in [0.3, 0.4) is 0 Å². The number of rotatable bonds is 5. The van der Waals surface area contributed by atoms with Gasteiger partial charge in [-0.2, -0.15) is 5.26 Å². The van der Waals surface area contributed by atoms with E-state index < -0.39 is 5.82 Å². The highest BCUT2D eigenvalue weighted by Crippen LogP contribution is 2.20. The Hall–Kier alpha value is -2.13. The van der Waals surface area contributed by atoms with E-state index in [9.17, 15) is 9.18 Å². The summed E-state index contributed by atoms with van der Waals surface area (Å²) in [7, 11) is 0. The van der Waals surface area contributed by atoms with E-state index in [0.717, 1.165) is 19.4 Å². The van der Waals surface area contributed by atoms with E-state index in [4.69, 9.17) is 14.7 Å². The fourth-order valence-corrected chi connectivity index (χ4v) is 1.96. The van der Waals surface area contributed by atoms with Crippen LogP contribution in [0.1, 0.15) is 18.4 Å². The van der Waals surface area contributed by atoms with Crippen molar-refractivity contribution in [1.29, 1.82) is 5.26 Å². The molecule has 1 atom stereocenters. The molecule has 1 aliphatic rings. The summed E-state index contributed by atoms with van der Waals surface area (Å²) in [6.45, 7) is 0.910. The van der Waals surface area contributed by atoms with Gasteiger partial charge in [-0.05, 0) is 25.0 Å². The summed E-state index contributed by atoms with van der Waals surface area (Å²) in [6.07, 6.45) is 2.00. The van der Waals surface area contributed by atoms with Gasteiger partial charge in [0.15, 0.2) is 6.61 Å². The Labute approximate surface area is 116 Å². The average Bonchev–Trinajstić information content (AvgIpc) is 2.96. The molecule has 1 N–H and O–H groups in total. The first-order chi connectivity index (χ1) is 9.70. The SMILES string of the molecule is N#Cc1c(F)cccc1OCC(=O)NC[C@@H]1CCCO1. The number of carbonyl (C=O) groups is 1. The van der Waals surface area contributed by atoms with E-state index in [1.54, 1.807) is 6.07 Å². The van der Waals surface area contributed by atoms with Gasteiger partial charge in [0.2, 0.25) is 0 Å². The summed E-state index contributed by atoms with van der Waals surface area (Å²) >= 11 is 0. The van der Waals surface area contributed by atoms with Gasteiger partial charge in [-0.15, -0.1) is 0 Å². The molecule has 1 heterocycles. The number of nitrogens with zero attached hydrogens (tertiary/aromatic N) is 1. The van der Waals surface area contributed by atoms with Crippen LogP contribution < -0.4 is 10.1 Å². The van der Waals surface area contributed by atoms with Crippen molar-refractivity contribution >= 4 is 5.91 Å². The predicted molar refractivity (Wildman–Crippen MR) is 68.6 cm³/mol. The van der Waals surface area contributed by atoms with Crippen LogP contribution in [0, 0.1) is 17.1 Å². The third-order valence-electron chi connectivity index (χ3n) is 3.00. The predicted octanol–water partition coefficient (Wildman–Crippen LogP) is 1.37. The van der Waals surface area contributed by atoms with Crippen molar-refractivity contribution in [2.24, 2.45) is 0 Å². The van der Waals surface area contributed by atoms with Gasteiger partial charge in [0.1, 0.15) is 23.2 Å². The molecule has 0 aliphatic carbocycles. The first kappa shape index (κ1) is 14.3. The lowest BCUT2D eigenvalue weighted by Gasteiger charge is -2.12. The Morgan fingerprint density at radius 1 is 1.60 bits per heavy atom. The van der Waals surface area contributed by atoms with Crippen LogP contribution in [0.5, 0.6) is 5.75 Å². The van der Waals surface area contributed by atoms with E-state index in [2.05, 4.69) is 5.32 Å². The monoisotopic (exact) mass is 278 g/mol. The highest BCUT2D eigenvalue weighted by Gasteiger charge is 2.16. The third-order valence-corrected chi connectivity index (χ3v) is 3.00. The van der Waals surface area contributed by atoms with Crippen molar-refractivity contribution in [1.82, 2.24) is 5.32 Å². The summed E-state index contributed by atoms with van der Waals surface area (Å²) in [5, 5.41) is 11.5. The van der Waals surface area contributed by atoms with E-state index >= 15 is 0 Å². The lowest BCUT2D eigenvalue weighted by molar-refractivity contribution is -0.123. The maximum Gasteiger partial charge on any atom is 0.258 e. The molecule has 1 saturated heterocycles. The number of hydrogen-bond donors (Lipinski definition) is 1. The van der Waals surface area contributed by atoms with Crippen LogP contribution in [-0.2, 0) is 9.53 Å². The van der Waals surface area contributed by atoms with E-state index in [0.29, 0.717) is 6.54 Å². The van der Waals surface area contributed by atoms with Gasteiger partial charge in [0.25, 0.3) is 5.91 Å². The first-order valence-electron chi connectivity index (χ1n) is 6.40. The molecule has 0 radical (unpaired) electrons. The Kier molecular flexibility index (Phi) is 4.91. The number of ether oxygens (including phenoxy) is 2. The fourth-order valence-electron chi connectivity index (χ4n) is 1.96. The van der Waals surface area contributed by atoms with Gasteiger partial charge < -0.3 is 14.8 Å². The van der Waals surface area contributed by atoms with Crippen LogP contribution >= 0.6 is 0 Å². The normalized spacial score (nSPS) is 17.5. The number of nitriles is 1. The van der Waals surface area contributed by atoms with Crippen molar-refractivity contribution in [3.05, 3.63) is 29.6 Å². The minimum absolute atomic E-state index is 0.0581. The molecule has 0 aromatic heterocycles. The highest BCUT2D eigenvalue weighted by atomic mass is 19.1. The molecular weight excluding hydrogens is 263 g/mol. The van der Waals surface area contributed by atoms with Gasteiger partial charge in [-0.1, -0.05) is 6.07 Å². The molecule has 1 amide bonds. The molecule has 0 spiro atoms. The highest BCUT2D eigenvalue weighted by molar-refractivity contribution is 5.77. The summed E-state index contributed by atoms with van der Waals surface area (Å²) in [4.78, 5) is 11.6. The van der Waals surface area contributed by atoms with Gasteiger partial charge in [0, 0.05) is 13.2 Å². The van der Waals surface area contributed by atoms with Crippen molar-refractivity contribution in [3.8, 4) is 11.8 Å². The van der Waals surface area contributed by atoms with Crippen LogP contribution in [0.2, 0.25) is 0 Å². The van der Waals surface area contributed by atoms with Gasteiger partial charge in [-0.25, -0.2) is 4.39 Å². The van der Waals surface area contributed by atoms with E-state index in [1.165, 1.54) is 18.2 Å². The Morgan fingerprint density at radius 2 is 2.45 bits per heavy atom. The molecule has 2 rings (SSSR count). The van der Waals surface area contributed by atoms with Gasteiger partial charge >= 0.3 is 0 Å². The summed E-state index contributed by atoms with van der Waals surface area (Å²) < 4.78 is 23.8. The minimum atomic E-state index is -0.662. The number of amides is 1. The zero-order chi connectivity index (χ0) is 14.4. The molecular formula is C14H15FN2O3. The van der Waals surface area contributed by atoms with Crippen molar-refractivity contribution < 1.29 is 18.7 Å². The lowest BCUT2D eigenvalue weighted by Crippen LogP contribution is -2.35. The second-order valence-electron chi connectivity index (χ2n) is 4.45. The Morgan fingerprint density at radius 3 is 3.15 bits per heavy atom. The van der Waals surface area contributed by atoms with Crippen LogP contribution in [0.4, 0.5) is 4.39 Å². The van der Waals surface area contributed by atoms with Gasteiger partial charge in [-0.3, -0.25) is 4.79 Å². The molecule has 0 unspecified atom stereocenters. The molecule has 0 bridgehead atoms. The molecule has 106 valence electrons. The zero-order valence-corrected chi connectivity index (χ0v) is 10.9. The number of nitrogens with one attached hydrogen (secondary N) is 1. The third kappa shape index (κ3) is 3.68. The molecule has 1 aromatic carbocycles. The number of carbonyl (C=O) groups excluding carboxylic acids is 1. The minimum Gasteiger partial charge on any atom is -0.482 e. The van der Waals surface area contributed by atoms with Crippen molar-refractivity contribution in [3.63, 3.8) is 0 Å². The summed E-state index contributed by atoms with van der Waals surface area (Å²) in [5.74, 6) is -0.918. The van der Waals surface area contributed by atoms with Crippen molar-refractivity contribution in [2.75, 3.05) is 19.8 Å². The summed E-state index contributed by atoms with van der Waals surface area (Å²) in [5.41, 5.74) is -0.195. The van der Waals surface area contributed by atoms with Crippen LogP contribution in [-0.4, -0.2) is 31.8 Å². The fraction of sp³-hybridized carbons (Fsp3) is 0.429. The molecule has 20 heavy (non-hydrogen) atoms. The van der Waals surface area contributed by atoms with Gasteiger partial charge in [0.05, 0.1) is 6.10 Å². The summed E-state index contributed by atoms with van der Waals surface area (Å²) in [6, 6.07) is 5.76. The topological polar surface area (TPSA) is 71.3 Å². The quantitative estimate of drug-likeness (QED) is 0.883. The number of halogens is 1. The maximum absolute atomic E-state index is 13.3. The maximum atomic E-state index is 13.3. The van der Waals surface area contributed by atoms with E-state index in [1.807, 2.05) is 0 Å². The lowest BCUT2D eigenvalue weighted by atomic mass is 10.2. The number of benzene rings is 1. The van der Waals surface area contributed by atoms with Crippen LogP contribution in [0.25, 0.3) is 0 Å². The van der Waals surface area contributed by atoms with Crippen LogP contribution in [0.15, 0.2) is 18.2 Å². The molecule has 1 aliphatic heterocycles. The smallest absolute Gasteiger partial charge is 0.258 e. The number of hydrogen-bond acceptors (Lipinski definition) is 4. The Bertz CT molecular complexity index is 522. The molecule has 6 heteroatoms. The van der Waals surface area contributed by atoms with E-state index in [-0.39, 0.29) is 29.9 Å².